The average molecular weight is 294 g/mol. The zero-order valence-electron chi connectivity index (χ0n) is 11.8. The van der Waals surface area contributed by atoms with Crippen LogP contribution in [0.5, 0.6) is 0 Å². The summed E-state index contributed by atoms with van der Waals surface area (Å²) in [5, 5.41) is 4.55. The lowest BCUT2D eigenvalue weighted by Crippen LogP contribution is -2.45. The van der Waals surface area contributed by atoms with E-state index < -0.39 is 10.0 Å². The van der Waals surface area contributed by atoms with Gasteiger partial charge in [-0.15, -0.1) is 0 Å². The van der Waals surface area contributed by atoms with Crippen molar-refractivity contribution < 1.29 is 8.42 Å². The predicted molar refractivity (Wildman–Crippen MR) is 82.6 cm³/mol. The molecule has 2 rings (SSSR count). The largest absolute Gasteiger partial charge is 0.316 e. The Morgan fingerprint density at radius 2 is 2.10 bits per heavy atom. The number of benzene rings is 1. The fraction of sp³-hybridized carbons (Fsp3) is 0.467. The molecule has 2 N–H and O–H groups in total. The molecule has 1 atom stereocenters. The number of piperidine rings is 1. The quantitative estimate of drug-likeness (QED) is 0.873. The second-order valence-electron chi connectivity index (χ2n) is 5.67. The molecule has 1 aliphatic heterocycles. The van der Waals surface area contributed by atoms with E-state index in [9.17, 15) is 8.42 Å². The second-order valence-corrected chi connectivity index (χ2v) is 7.32. The summed E-state index contributed by atoms with van der Waals surface area (Å²) in [5.74, 6) is 0. The van der Waals surface area contributed by atoms with Crippen LogP contribution in [0.25, 0.3) is 6.08 Å². The Labute approximate surface area is 121 Å². The van der Waals surface area contributed by atoms with Gasteiger partial charge in [0.15, 0.2) is 0 Å². The van der Waals surface area contributed by atoms with Crippen LogP contribution >= 0.6 is 0 Å². The fourth-order valence-corrected chi connectivity index (χ4v) is 3.31. The van der Waals surface area contributed by atoms with E-state index in [4.69, 9.17) is 0 Å². The van der Waals surface area contributed by atoms with Crippen molar-refractivity contribution >= 4 is 16.1 Å². The van der Waals surface area contributed by atoms with Gasteiger partial charge >= 0.3 is 0 Å². The van der Waals surface area contributed by atoms with Gasteiger partial charge in [-0.05, 0) is 36.4 Å². The molecule has 1 fully saturated rings. The highest BCUT2D eigenvalue weighted by Crippen LogP contribution is 2.24. The van der Waals surface area contributed by atoms with Gasteiger partial charge in [-0.3, -0.25) is 0 Å². The molecular formula is C15H22N2O2S. The minimum atomic E-state index is -3.38. The normalized spacial score (nSPS) is 24.1. The molecule has 0 aromatic heterocycles. The molecule has 110 valence electrons. The van der Waals surface area contributed by atoms with Gasteiger partial charge in [0.2, 0.25) is 10.0 Å². The van der Waals surface area contributed by atoms with Crippen molar-refractivity contribution in [3.8, 4) is 0 Å². The standard InChI is InChI=1S/C15H22N2O2S/c1-15(9-5-10-16-12-15)13-17-20(18,19)11-8-14-6-3-2-4-7-14/h2-4,6-8,11,16-17H,5,9-10,12-13H2,1H3/b11-8+. The van der Waals surface area contributed by atoms with Crippen molar-refractivity contribution in [3.63, 3.8) is 0 Å². The molecule has 0 amide bonds. The van der Waals surface area contributed by atoms with E-state index in [0.29, 0.717) is 6.54 Å². The van der Waals surface area contributed by atoms with Gasteiger partial charge in [0.25, 0.3) is 0 Å². The van der Waals surface area contributed by atoms with Gasteiger partial charge in [0.1, 0.15) is 0 Å². The number of sulfonamides is 1. The summed E-state index contributed by atoms with van der Waals surface area (Å²) < 4.78 is 26.6. The highest BCUT2D eigenvalue weighted by atomic mass is 32.2. The first-order valence-corrected chi connectivity index (χ1v) is 8.47. The van der Waals surface area contributed by atoms with Gasteiger partial charge in [-0.1, -0.05) is 37.3 Å². The van der Waals surface area contributed by atoms with Gasteiger partial charge < -0.3 is 5.32 Å². The smallest absolute Gasteiger partial charge is 0.233 e. The van der Waals surface area contributed by atoms with Crippen LogP contribution in [-0.2, 0) is 10.0 Å². The Bertz CT molecular complexity index is 546. The van der Waals surface area contributed by atoms with E-state index in [1.807, 2.05) is 30.3 Å². The summed E-state index contributed by atoms with van der Waals surface area (Å²) in [4.78, 5) is 0. The molecule has 4 nitrogen and oxygen atoms in total. The minimum absolute atomic E-state index is 0.00586. The molecule has 1 aliphatic rings. The summed E-state index contributed by atoms with van der Waals surface area (Å²) in [5.41, 5.74) is 0.884. The maximum atomic E-state index is 12.0. The van der Waals surface area contributed by atoms with Crippen LogP contribution in [0.15, 0.2) is 35.7 Å². The molecule has 0 bridgehead atoms. The van der Waals surface area contributed by atoms with Crippen molar-refractivity contribution in [2.75, 3.05) is 19.6 Å². The molecule has 0 aliphatic carbocycles. The molecule has 0 spiro atoms. The summed E-state index contributed by atoms with van der Waals surface area (Å²) in [7, 11) is -3.38. The Morgan fingerprint density at radius 3 is 2.75 bits per heavy atom. The van der Waals surface area contributed by atoms with E-state index in [0.717, 1.165) is 31.5 Å². The van der Waals surface area contributed by atoms with Gasteiger partial charge in [0, 0.05) is 18.5 Å². The molecule has 0 saturated carbocycles. The number of hydrogen-bond acceptors (Lipinski definition) is 3. The second kappa shape index (κ2) is 6.52. The third-order valence-corrected chi connectivity index (χ3v) is 4.67. The molecule has 5 heteroatoms. The molecule has 1 aromatic carbocycles. The summed E-state index contributed by atoms with van der Waals surface area (Å²) >= 11 is 0. The number of hydrogen-bond donors (Lipinski definition) is 2. The Morgan fingerprint density at radius 1 is 1.35 bits per heavy atom. The maximum Gasteiger partial charge on any atom is 0.233 e. The van der Waals surface area contributed by atoms with Crippen LogP contribution < -0.4 is 10.0 Å². The molecule has 1 aromatic rings. The number of rotatable bonds is 5. The Kier molecular flexibility index (Phi) is 4.96. The average Bonchev–Trinajstić information content (AvgIpc) is 2.46. The number of nitrogens with one attached hydrogen (secondary N) is 2. The third kappa shape index (κ3) is 4.74. The monoisotopic (exact) mass is 294 g/mol. The molecule has 0 radical (unpaired) electrons. The van der Waals surface area contributed by atoms with Crippen LogP contribution in [0, 0.1) is 5.41 Å². The van der Waals surface area contributed by atoms with E-state index in [1.165, 1.54) is 5.41 Å². The van der Waals surface area contributed by atoms with Crippen LogP contribution in [0.1, 0.15) is 25.3 Å². The van der Waals surface area contributed by atoms with Crippen molar-refractivity contribution in [1.82, 2.24) is 10.0 Å². The topological polar surface area (TPSA) is 58.2 Å². The fourth-order valence-electron chi connectivity index (χ4n) is 2.32. The van der Waals surface area contributed by atoms with E-state index >= 15 is 0 Å². The van der Waals surface area contributed by atoms with Gasteiger partial charge in [0.05, 0.1) is 0 Å². The predicted octanol–water partition coefficient (Wildman–Crippen LogP) is 1.97. The molecule has 1 unspecified atom stereocenters. The lowest BCUT2D eigenvalue weighted by Gasteiger charge is -2.33. The molecular weight excluding hydrogens is 272 g/mol. The maximum absolute atomic E-state index is 12.0. The van der Waals surface area contributed by atoms with E-state index in [1.54, 1.807) is 6.08 Å². The third-order valence-electron chi connectivity index (χ3n) is 3.63. The minimum Gasteiger partial charge on any atom is -0.316 e. The van der Waals surface area contributed by atoms with Crippen LogP contribution in [0.4, 0.5) is 0 Å². The SMILES string of the molecule is CC1(CNS(=O)(=O)/C=C/c2ccccc2)CCCNC1. The van der Waals surface area contributed by atoms with Crippen LogP contribution in [0.3, 0.4) is 0 Å². The van der Waals surface area contributed by atoms with Crippen LogP contribution in [0.2, 0.25) is 0 Å². The van der Waals surface area contributed by atoms with Crippen molar-refractivity contribution in [3.05, 3.63) is 41.3 Å². The summed E-state index contributed by atoms with van der Waals surface area (Å²) in [6.45, 7) is 4.47. The lowest BCUT2D eigenvalue weighted by molar-refractivity contribution is 0.239. The van der Waals surface area contributed by atoms with Crippen molar-refractivity contribution in [1.29, 1.82) is 0 Å². The van der Waals surface area contributed by atoms with E-state index in [-0.39, 0.29) is 5.41 Å². The molecule has 1 saturated heterocycles. The molecule has 20 heavy (non-hydrogen) atoms. The first-order chi connectivity index (χ1) is 9.49. The van der Waals surface area contributed by atoms with Crippen LogP contribution in [-0.4, -0.2) is 28.1 Å². The lowest BCUT2D eigenvalue weighted by atomic mass is 9.83. The Balaban J connectivity index is 1.92. The first kappa shape index (κ1) is 15.2. The van der Waals surface area contributed by atoms with Crippen molar-refractivity contribution in [2.45, 2.75) is 19.8 Å². The highest BCUT2D eigenvalue weighted by molar-refractivity contribution is 7.92. The van der Waals surface area contributed by atoms with E-state index in [2.05, 4.69) is 17.0 Å². The van der Waals surface area contributed by atoms with Gasteiger partial charge in [-0.2, -0.15) is 0 Å². The zero-order valence-corrected chi connectivity index (χ0v) is 12.6. The highest BCUT2D eigenvalue weighted by Gasteiger charge is 2.27. The summed E-state index contributed by atoms with van der Waals surface area (Å²) in [6.07, 6.45) is 3.76. The van der Waals surface area contributed by atoms with Crippen molar-refractivity contribution in [2.24, 2.45) is 5.41 Å². The molecule has 1 heterocycles. The zero-order chi connectivity index (χ0) is 14.5. The summed E-state index contributed by atoms with van der Waals surface area (Å²) in [6, 6.07) is 9.42. The Hall–Kier alpha value is -1.17. The van der Waals surface area contributed by atoms with Gasteiger partial charge in [-0.25, -0.2) is 13.1 Å². The first-order valence-electron chi connectivity index (χ1n) is 6.93.